The largest absolute Gasteiger partial charge is 0.324 e. The molecular formula is C20H23N3O4S. The van der Waals surface area contributed by atoms with Crippen LogP contribution in [0.15, 0.2) is 42.5 Å². The highest BCUT2D eigenvalue weighted by Crippen LogP contribution is 2.30. The van der Waals surface area contributed by atoms with Crippen LogP contribution in [0.5, 0.6) is 0 Å². The second kappa shape index (κ2) is 7.63. The molecule has 8 heteroatoms. The molecule has 0 spiro atoms. The smallest absolute Gasteiger partial charge is 0.229 e. The number of benzene rings is 2. The summed E-state index contributed by atoms with van der Waals surface area (Å²) in [5.74, 6) is -0.931. The van der Waals surface area contributed by atoms with Crippen LogP contribution >= 0.6 is 0 Å². The van der Waals surface area contributed by atoms with Gasteiger partial charge in [-0.25, -0.2) is 8.42 Å². The van der Waals surface area contributed by atoms with E-state index in [4.69, 9.17) is 0 Å². The first-order valence-corrected chi connectivity index (χ1v) is 10.8. The maximum absolute atomic E-state index is 12.7. The monoisotopic (exact) mass is 401 g/mol. The first kappa shape index (κ1) is 19.9. The molecule has 1 saturated heterocycles. The Morgan fingerprint density at radius 1 is 1.07 bits per heavy atom. The molecule has 148 valence electrons. The van der Waals surface area contributed by atoms with Crippen LogP contribution in [0.3, 0.4) is 0 Å². The fourth-order valence-electron chi connectivity index (χ4n) is 3.26. The predicted molar refractivity (Wildman–Crippen MR) is 110 cm³/mol. The maximum Gasteiger partial charge on any atom is 0.229 e. The van der Waals surface area contributed by atoms with Gasteiger partial charge < -0.3 is 10.2 Å². The molecule has 1 fully saturated rings. The Hall–Kier alpha value is -2.87. The molecule has 28 heavy (non-hydrogen) atoms. The molecule has 2 aromatic carbocycles. The number of sulfonamides is 1. The lowest BCUT2D eigenvalue weighted by Crippen LogP contribution is -2.29. The second-order valence-electron chi connectivity index (χ2n) is 7.03. The Bertz CT molecular complexity index is 1030. The highest BCUT2D eigenvalue weighted by Gasteiger charge is 2.36. The Morgan fingerprint density at radius 3 is 2.43 bits per heavy atom. The van der Waals surface area contributed by atoms with E-state index >= 15 is 0 Å². The minimum absolute atomic E-state index is 0.101. The second-order valence-corrected chi connectivity index (χ2v) is 8.78. The van der Waals surface area contributed by atoms with Gasteiger partial charge in [0.05, 0.1) is 23.5 Å². The fraction of sp³-hybridized carbons (Fsp3) is 0.300. The first-order valence-electron chi connectivity index (χ1n) is 8.90. The molecule has 2 N–H and O–H groups in total. The zero-order chi connectivity index (χ0) is 20.5. The van der Waals surface area contributed by atoms with Crippen molar-refractivity contribution in [2.45, 2.75) is 20.3 Å². The third-order valence-corrected chi connectivity index (χ3v) is 5.43. The summed E-state index contributed by atoms with van der Waals surface area (Å²) in [6.45, 7) is 4.23. The summed E-state index contributed by atoms with van der Waals surface area (Å²) < 4.78 is 25.4. The van der Waals surface area contributed by atoms with Gasteiger partial charge in [0.15, 0.2) is 0 Å². The van der Waals surface area contributed by atoms with Crippen molar-refractivity contribution in [3.8, 4) is 0 Å². The fourth-order valence-corrected chi connectivity index (χ4v) is 3.84. The number of hydrogen-bond donors (Lipinski definition) is 2. The molecule has 7 nitrogen and oxygen atoms in total. The van der Waals surface area contributed by atoms with Crippen molar-refractivity contribution in [3.05, 3.63) is 53.6 Å². The van der Waals surface area contributed by atoms with E-state index in [-0.39, 0.29) is 30.5 Å². The molecule has 0 aliphatic carbocycles. The van der Waals surface area contributed by atoms with Crippen LogP contribution in [0, 0.1) is 19.8 Å². The van der Waals surface area contributed by atoms with Crippen molar-refractivity contribution < 1.29 is 18.0 Å². The topological polar surface area (TPSA) is 95.6 Å². The van der Waals surface area contributed by atoms with Crippen LogP contribution in [0.2, 0.25) is 0 Å². The van der Waals surface area contributed by atoms with E-state index in [0.29, 0.717) is 5.69 Å². The van der Waals surface area contributed by atoms with Crippen LogP contribution in [0.1, 0.15) is 17.5 Å². The number of nitrogens with one attached hydrogen (secondary N) is 2. The lowest BCUT2D eigenvalue weighted by atomic mass is 10.1. The summed E-state index contributed by atoms with van der Waals surface area (Å²) >= 11 is 0. The predicted octanol–water partition coefficient (Wildman–Crippen LogP) is 2.67. The normalized spacial score (nSPS) is 16.9. The minimum Gasteiger partial charge on any atom is -0.324 e. The number of para-hydroxylation sites is 2. The van der Waals surface area contributed by atoms with Gasteiger partial charge in [-0.3, -0.25) is 14.3 Å². The van der Waals surface area contributed by atoms with E-state index in [0.717, 1.165) is 23.1 Å². The van der Waals surface area contributed by atoms with Gasteiger partial charge in [0.25, 0.3) is 0 Å². The number of hydrogen-bond acceptors (Lipinski definition) is 4. The quantitative estimate of drug-likeness (QED) is 0.805. The van der Waals surface area contributed by atoms with Crippen molar-refractivity contribution in [2.75, 3.05) is 27.7 Å². The van der Waals surface area contributed by atoms with E-state index in [9.17, 15) is 18.0 Å². The Morgan fingerprint density at radius 2 is 1.75 bits per heavy atom. The van der Waals surface area contributed by atoms with Crippen LogP contribution < -0.4 is 14.9 Å². The van der Waals surface area contributed by atoms with Crippen LogP contribution in [0.25, 0.3) is 0 Å². The van der Waals surface area contributed by atoms with Crippen molar-refractivity contribution in [3.63, 3.8) is 0 Å². The molecule has 2 amide bonds. The van der Waals surface area contributed by atoms with Gasteiger partial charge in [0, 0.05) is 18.7 Å². The SMILES string of the molecule is Cc1cccc(N2C[C@@H](C(=O)Nc3ccccc3NS(C)(=O)=O)CC2=O)c1C. The third kappa shape index (κ3) is 4.33. The molecule has 1 aliphatic heterocycles. The number of carbonyl (C=O) groups is 2. The summed E-state index contributed by atoms with van der Waals surface area (Å²) in [6.07, 6.45) is 1.16. The Kier molecular flexibility index (Phi) is 5.42. The van der Waals surface area contributed by atoms with Gasteiger partial charge in [0.1, 0.15) is 0 Å². The Labute approximate surface area is 164 Å². The van der Waals surface area contributed by atoms with E-state index in [1.165, 1.54) is 0 Å². The first-order chi connectivity index (χ1) is 13.2. The number of aryl methyl sites for hydroxylation is 1. The molecule has 1 heterocycles. The van der Waals surface area contributed by atoms with Crippen LogP contribution in [0.4, 0.5) is 17.1 Å². The molecule has 2 aromatic rings. The number of carbonyl (C=O) groups excluding carboxylic acids is 2. The molecule has 1 atom stereocenters. The molecule has 0 aromatic heterocycles. The number of nitrogens with zero attached hydrogens (tertiary/aromatic N) is 1. The number of amides is 2. The average Bonchev–Trinajstić information content (AvgIpc) is 2.99. The van der Waals surface area contributed by atoms with Gasteiger partial charge in [-0.2, -0.15) is 0 Å². The molecule has 3 rings (SSSR count). The third-order valence-electron chi connectivity index (χ3n) is 4.84. The maximum atomic E-state index is 12.7. The Balaban J connectivity index is 1.77. The molecule has 1 aliphatic rings. The standard InChI is InChI=1S/C20H23N3O4S/c1-13-7-6-10-18(14(13)2)23-12-15(11-19(23)24)20(25)21-16-8-4-5-9-17(16)22-28(3,26)27/h4-10,15,22H,11-12H2,1-3H3,(H,21,25)/t15-/m0/s1. The van der Waals surface area contributed by atoms with E-state index in [1.54, 1.807) is 29.2 Å². The van der Waals surface area contributed by atoms with E-state index in [1.807, 2.05) is 32.0 Å². The average molecular weight is 401 g/mol. The van der Waals surface area contributed by atoms with Gasteiger partial charge in [0.2, 0.25) is 21.8 Å². The molecular weight excluding hydrogens is 378 g/mol. The van der Waals surface area contributed by atoms with Crippen molar-refractivity contribution in [2.24, 2.45) is 5.92 Å². The molecule has 0 saturated carbocycles. The highest BCUT2D eigenvalue weighted by molar-refractivity contribution is 7.92. The van der Waals surface area contributed by atoms with Crippen LogP contribution in [-0.2, 0) is 19.6 Å². The zero-order valence-corrected chi connectivity index (χ0v) is 16.8. The summed E-state index contributed by atoms with van der Waals surface area (Å²) in [6, 6.07) is 12.3. The van der Waals surface area contributed by atoms with Gasteiger partial charge in [-0.05, 0) is 43.2 Å². The summed E-state index contributed by atoms with van der Waals surface area (Å²) in [4.78, 5) is 26.9. The van der Waals surface area contributed by atoms with Crippen molar-refractivity contribution in [1.82, 2.24) is 0 Å². The summed E-state index contributed by atoms with van der Waals surface area (Å²) in [7, 11) is -3.48. The molecule has 0 bridgehead atoms. The van der Waals surface area contributed by atoms with E-state index in [2.05, 4.69) is 10.0 Å². The number of rotatable bonds is 5. The van der Waals surface area contributed by atoms with Crippen molar-refractivity contribution in [1.29, 1.82) is 0 Å². The van der Waals surface area contributed by atoms with Crippen LogP contribution in [-0.4, -0.2) is 33.0 Å². The summed E-state index contributed by atoms with van der Waals surface area (Å²) in [5, 5.41) is 2.75. The van der Waals surface area contributed by atoms with Gasteiger partial charge in [-0.1, -0.05) is 24.3 Å². The number of anilines is 3. The lowest BCUT2D eigenvalue weighted by molar-refractivity contribution is -0.122. The minimum atomic E-state index is -3.48. The highest BCUT2D eigenvalue weighted by atomic mass is 32.2. The summed E-state index contributed by atoms with van der Waals surface area (Å²) in [5.41, 5.74) is 3.56. The van der Waals surface area contributed by atoms with Gasteiger partial charge in [-0.15, -0.1) is 0 Å². The zero-order valence-electron chi connectivity index (χ0n) is 16.0. The van der Waals surface area contributed by atoms with E-state index < -0.39 is 15.9 Å². The van der Waals surface area contributed by atoms with Gasteiger partial charge >= 0.3 is 0 Å². The van der Waals surface area contributed by atoms with Crippen molar-refractivity contribution >= 4 is 38.9 Å². The molecule has 0 radical (unpaired) electrons. The molecule has 0 unspecified atom stereocenters. The lowest BCUT2D eigenvalue weighted by Gasteiger charge is -2.20.